The summed E-state index contributed by atoms with van der Waals surface area (Å²) in [6.45, 7) is 1.27. The molecule has 36 heavy (non-hydrogen) atoms. The molecule has 3 aliphatic heterocycles. The number of piperidine rings is 2. The van der Waals surface area contributed by atoms with E-state index >= 15 is 4.39 Å². The molecule has 188 valence electrons. The molecule has 1 atom stereocenters. The number of likely N-dealkylation sites (tertiary alicyclic amines) is 1. The lowest BCUT2D eigenvalue weighted by Crippen LogP contribution is -2.52. The summed E-state index contributed by atoms with van der Waals surface area (Å²) in [6.07, 6.45) is 1.70. The zero-order valence-corrected chi connectivity index (χ0v) is 20.4. The second kappa shape index (κ2) is 9.37. The van der Waals surface area contributed by atoms with Gasteiger partial charge >= 0.3 is 0 Å². The Morgan fingerprint density at radius 2 is 1.72 bits per heavy atom. The fourth-order valence-corrected chi connectivity index (χ4v) is 5.40. The Kier molecular flexibility index (Phi) is 6.24. The van der Waals surface area contributed by atoms with Gasteiger partial charge in [0.2, 0.25) is 11.8 Å². The van der Waals surface area contributed by atoms with Crippen molar-refractivity contribution in [2.24, 2.45) is 0 Å². The van der Waals surface area contributed by atoms with Crippen molar-refractivity contribution in [1.82, 2.24) is 15.1 Å². The Bertz CT molecular complexity index is 1240. The Morgan fingerprint density at radius 3 is 2.36 bits per heavy atom. The van der Waals surface area contributed by atoms with E-state index in [-0.39, 0.29) is 48.6 Å². The summed E-state index contributed by atoms with van der Waals surface area (Å²) in [5.41, 5.74) is 3.17. The second-order valence-corrected chi connectivity index (χ2v) is 9.94. The fraction of sp³-hybridized carbons (Fsp3) is 0.407. The van der Waals surface area contributed by atoms with Gasteiger partial charge in [-0.15, -0.1) is 0 Å². The molecular formula is C27H29FN4O4. The van der Waals surface area contributed by atoms with E-state index in [0.29, 0.717) is 42.6 Å². The zero-order valence-electron chi connectivity index (χ0n) is 20.4. The van der Waals surface area contributed by atoms with Crippen molar-refractivity contribution in [3.63, 3.8) is 0 Å². The number of carbonyl (C=O) groups excluding carboxylic acids is 4. The number of amides is 4. The van der Waals surface area contributed by atoms with Crippen molar-refractivity contribution in [2.75, 3.05) is 32.1 Å². The first-order chi connectivity index (χ1) is 17.2. The van der Waals surface area contributed by atoms with Crippen LogP contribution >= 0.6 is 0 Å². The van der Waals surface area contributed by atoms with Gasteiger partial charge in [0, 0.05) is 57.0 Å². The van der Waals surface area contributed by atoms with Crippen molar-refractivity contribution in [1.29, 1.82) is 0 Å². The number of nitrogens with one attached hydrogen (secondary N) is 1. The number of imide groups is 1. The van der Waals surface area contributed by atoms with Crippen LogP contribution in [0.5, 0.6) is 0 Å². The van der Waals surface area contributed by atoms with Crippen LogP contribution in [0.15, 0.2) is 36.4 Å². The summed E-state index contributed by atoms with van der Waals surface area (Å²) in [4.78, 5) is 54.8. The van der Waals surface area contributed by atoms with Gasteiger partial charge in [-0.05, 0) is 66.6 Å². The van der Waals surface area contributed by atoms with Crippen molar-refractivity contribution >= 4 is 29.3 Å². The molecule has 2 saturated heterocycles. The highest BCUT2D eigenvalue weighted by molar-refractivity contribution is 6.05. The molecule has 2 fully saturated rings. The standard InChI is InChI=1S/C27H29FN4O4/c1-30(2)19-5-3-17(4-6-19)26(35)31-11-9-16(10-12-31)20-13-18-15-32(27(36)21(18)14-22(20)28)23-7-8-24(33)29-25(23)34/h3-6,13-14,16,23H,7-12,15H2,1-2H3,(H,29,33,34). The van der Waals surface area contributed by atoms with E-state index < -0.39 is 17.8 Å². The lowest BCUT2D eigenvalue weighted by molar-refractivity contribution is -0.136. The molecular weight excluding hydrogens is 463 g/mol. The molecule has 0 aromatic heterocycles. The molecule has 4 amide bonds. The van der Waals surface area contributed by atoms with Crippen LogP contribution in [0.25, 0.3) is 0 Å². The molecule has 0 aliphatic carbocycles. The number of fused-ring (bicyclic) bond motifs is 1. The minimum Gasteiger partial charge on any atom is -0.378 e. The number of anilines is 1. The summed E-state index contributed by atoms with van der Waals surface area (Å²) >= 11 is 0. The molecule has 2 aromatic rings. The van der Waals surface area contributed by atoms with Crippen LogP contribution in [0.4, 0.5) is 10.1 Å². The average molecular weight is 493 g/mol. The van der Waals surface area contributed by atoms with Crippen LogP contribution in [0.1, 0.15) is 63.4 Å². The summed E-state index contributed by atoms with van der Waals surface area (Å²) in [7, 11) is 3.89. The Morgan fingerprint density at radius 1 is 1.03 bits per heavy atom. The Labute approximate surface area is 209 Å². The molecule has 3 aliphatic rings. The number of nitrogens with zero attached hydrogens (tertiary/aromatic N) is 3. The molecule has 0 bridgehead atoms. The Balaban J connectivity index is 1.26. The maximum atomic E-state index is 15.1. The van der Waals surface area contributed by atoms with Crippen molar-refractivity contribution < 1.29 is 23.6 Å². The van der Waals surface area contributed by atoms with E-state index in [9.17, 15) is 19.2 Å². The first-order valence-electron chi connectivity index (χ1n) is 12.3. The van der Waals surface area contributed by atoms with Gasteiger partial charge in [-0.3, -0.25) is 24.5 Å². The van der Waals surface area contributed by atoms with Crippen LogP contribution in [0.2, 0.25) is 0 Å². The van der Waals surface area contributed by atoms with E-state index in [0.717, 1.165) is 5.69 Å². The number of hydrogen-bond acceptors (Lipinski definition) is 5. The van der Waals surface area contributed by atoms with Gasteiger partial charge in [-0.2, -0.15) is 0 Å². The molecule has 9 heteroatoms. The molecule has 0 spiro atoms. The highest BCUT2D eigenvalue weighted by Crippen LogP contribution is 2.35. The van der Waals surface area contributed by atoms with E-state index in [1.807, 2.05) is 43.3 Å². The molecule has 5 rings (SSSR count). The lowest BCUT2D eigenvalue weighted by atomic mass is 9.87. The predicted molar refractivity (Wildman–Crippen MR) is 131 cm³/mol. The molecule has 2 aromatic carbocycles. The van der Waals surface area contributed by atoms with Gasteiger partial charge in [-0.1, -0.05) is 6.07 Å². The van der Waals surface area contributed by atoms with Crippen molar-refractivity contribution in [3.8, 4) is 0 Å². The average Bonchev–Trinajstić information content (AvgIpc) is 3.18. The quantitative estimate of drug-likeness (QED) is 0.663. The van der Waals surface area contributed by atoms with E-state index in [1.54, 1.807) is 11.0 Å². The largest absolute Gasteiger partial charge is 0.378 e. The first-order valence-corrected chi connectivity index (χ1v) is 12.3. The van der Waals surface area contributed by atoms with Crippen LogP contribution < -0.4 is 10.2 Å². The fourth-order valence-electron chi connectivity index (χ4n) is 5.40. The number of carbonyl (C=O) groups is 4. The normalized spacial score (nSPS) is 20.4. The topological polar surface area (TPSA) is 90.0 Å². The molecule has 0 saturated carbocycles. The number of hydrogen-bond donors (Lipinski definition) is 1. The maximum absolute atomic E-state index is 15.1. The van der Waals surface area contributed by atoms with Crippen LogP contribution in [0.3, 0.4) is 0 Å². The molecule has 1 N–H and O–H groups in total. The van der Waals surface area contributed by atoms with E-state index in [1.165, 1.54) is 11.0 Å². The monoisotopic (exact) mass is 492 g/mol. The molecule has 3 heterocycles. The lowest BCUT2D eigenvalue weighted by Gasteiger charge is -2.32. The Hall–Kier alpha value is -3.75. The smallest absolute Gasteiger partial charge is 0.255 e. The molecule has 8 nitrogen and oxygen atoms in total. The van der Waals surface area contributed by atoms with Crippen LogP contribution in [-0.2, 0) is 16.1 Å². The third-order valence-corrected chi connectivity index (χ3v) is 7.49. The highest BCUT2D eigenvalue weighted by atomic mass is 19.1. The molecule has 1 unspecified atom stereocenters. The summed E-state index contributed by atoms with van der Waals surface area (Å²) in [5.74, 6) is -1.73. The first kappa shape index (κ1) is 24.0. The number of rotatable bonds is 4. The summed E-state index contributed by atoms with van der Waals surface area (Å²) in [5, 5.41) is 2.28. The van der Waals surface area contributed by atoms with Gasteiger partial charge in [0.05, 0.1) is 0 Å². The minimum absolute atomic E-state index is 0.0290. The molecule has 0 radical (unpaired) electrons. The van der Waals surface area contributed by atoms with Gasteiger partial charge in [-0.25, -0.2) is 4.39 Å². The minimum atomic E-state index is -0.727. The predicted octanol–water partition coefficient (Wildman–Crippen LogP) is 2.67. The third kappa shape index (κ3) is 4.34. The zero-order chi connectivity index (χ0) is 25.6. The van der Waals surface area contributed by atoms with Gasteiger partial charge in [0.25, 0.3) is 11.8 Å². The van der Waals surface area contributed by atoms with E-state index in [4.69, 9.17) is 0 Å². The van der Waals surface area contributed by atoms with Gasteiger partial charge in [0.1, 0.15) is 11.9 Å². The van der Waals surface area contributed by atoms with Crippen LogP contribution in [0, 0.1) is 5.82 Å². The second-order valence-electron chi connectivity index (χ2n) is 9.94. The third-order valence-electron chi connectivity index (χ3n) is 7.49. The van der Waals surface area contributed by atoms with Gasteiger partial charge < -0.3 is 14.7 Å². The van der Waals surface area contributed by atoms with Gasteiger partial charge in [0.15, 0.2) is 0 Å². The summed E-state index contributed by atoms with van der Waals surface area (Å²) in [6, 6.07) is 9.79. The van der Waals surface area contributed by atoms with Crippen LogP contribution in [-0.4, -0.2) is 66.7 Å². The maximum Gasteiger partial charge on any atom is 0.255 e. The number of benzene rings is 2. The highest BCUT2D eigenvalue weighted by Gasteiger charge is 2.40. The van der Waals surface area contributed by atoms with Crippen molar-refractivity contribution in [2.45, 2.75) is 44.2 Å². The van der Waals surface area contributed by atoms with Crippen molar-refractivity contribution in [3.05, 3.63) is 64.5 Å². The number of halogens is 1. The SMILES string of the molecule is CN(C)c1ccc(C(=O)N2CCC(c3cc4c(cc3F)C(=O)N(C3CCC(=O)NC3=O)C4)CC2)cc1. The van der Waals surface area contributed by atoms with E-state index in [2.05, 4.69) is 5.32 Å². The summed E-state index contributed by atoms with van der Waals surface area (Å²) < 4.78 is 15.1.